The SMILES string of the molecule is O=Cc1cc(CSc2ccccc2)ccc1OCCCCOc1ccc(CSc2ccccc2)cc1C=O. The highest BCUT2D eigenvalue weighted by atomic mass is 32.2. The van der Waals surface area contributed by atoms with Gasteiger partial charge in [-0.05, 0) is 72.5 Å². The minimum absolute atomic E-state index is 0.485. The number of aldehydes is 2. The highest BCUT2D eigenvalue weighted by Gasteiger charge is 2.08. The molecule has 0 N–H and O–H groups in total. The maximum absolute atomic E-state index is 11.6. The fourth-order valence-electron chi connectivity index (χ4n) is 3.76. The molecule has 0 bridgehead atoms. The van der Waals surface area contributed by atoms with E-state index in [0.717, 1.165) is 48.0 Å². The van der Waals surface area contributed by atoms with E-state index in [4.69, 9.17) is 9.47 Å². The molecule has 0 spiro atoms. The fraction of sp³-hybridized carbons (Fsp3) is 0.188. The standard InChI is InChI=1S/C32H30O4S2/c33-21-27-19-25(23-37-29-9-3-1-4-10-29)13-15-31(27)35-17-7-8-18-36-32-16-14-26(20-28(32)22-34)24-38-30-11-5-2-6-12-30/h1-6,9-16,19-22H,7-8,17-18,23-24H2. The van der Waals surface area contributed by atoms with Gasteiger partial charge in [0.2, 0.25) is 0 Å². The van der Waals surface area contributed by atoms with Crippen molar-refractivity contribution in [3.05, 3.63) is 119 Å². The first-order valence-corrected chi connectivity index (χ1v) is 14.5. The van der Waals surface area contributed by atoms with Crippen LogP contribution < -0.4 is 9.47 Å². The van der Waals surface area contributed by atoms with Crippen LogP contribution in [-0.4, -0.2) is 25.8 Å². The molecule has 4 aromatic carbocycles. The minimum Gasteiger partial charge on any atom is -0.493 e. The summed E-state index contributed by atoms with van der Waals surface area (Å²) in [5.41, 5.74) is 3.29. The van der Waals surface area contributed by atoms with Gasteiger partial charge in [0.25, 0.3) is 0 Å². The van der Waals surface area contributed by atoms with Gasteiger partial charge >= 0.3 is 0 Å². The summed E-state index contributed by atoms with van der Waals surface area (Å²) in [6, 6.07) is 31.9. The molecule has 4 nitrogen and oxygen atoms in total. The summed E-state index contributed by atoms with van der Waals surface area (Å²) in [4.78, 5) is 25.6. The van der Waals surface area contributed by atoms with Crippen LogP contribution in [0.1, 0.15) is 44.7 Å². The Morgan fingerprint density at radius 2 is 0.974 bits per heavy atom. The highest BCUT2D eigenvalue weighted by Crippen LogP contribution is 2.27. The zero-order chi connectivity index (χ0) is 26.4. The third-order valence-electron chi connectivity index (χ3n) is 5.75. The average molecular weight is 543 g/mol. The average Bonchev–Trinajstić information content (AvgIpc) is 2.98. The van der Waals surface area contributed by atoms with E-state index in [0.29, 0.717) is 35.8 Å². The van der Waals surface area contributed by atoms with Crippen LogP contribution in [0.5, 0.6) is 11.5 Å². The van der Waals surface area contributed by atoms with Crippen molar-refractivity contribution in [1.29, 1.82) is 0 Å². The molecule has 0 saturated heterocycles. The molecule has 0 heterocycles. The van der Waals surface area contributed by atoms with Crippen molar-refractivity contribution in [1.82, 2.24) is 0 Å². The van der Waals surface area contributed by atoms with E-state index in [1.165, 1.54) is 9.79 Å². The lowest BCUT2D eigenvalue weighted by atomic mass is 10.1. The van der Waals surface area contributed by atoms with E-state index in [-0.39, 0.29) is 0 Å². The molecule has 0 aromatic heterocycles. The molecule has 38 heavy (non-hydrogen) atoms. The number of thioether (sulfide) groups is 2. The Labute approximate surface area is 232 Å². The van der Waals surface area contributed by atoms with Gasteiger partial charge in [-0.25, -0.2) is 0 Å². The van der Waals surface area contributed by atoms with Crippen LogP contribution in [0.25, 0.3) is 0 Å². The second-order valence-corrected chi connectivity index (χ2v) is 10.7. The summed E-state index contributed by atoms with van der Waals surface area (Å²) in [5.74, 6) is 2.78. The summed E-state index contributed by atoms with van der Waals surface area (Å²) < 4.78 is 11.7. The molecule has 0 aliphatic rings. The van der Waals surface area contributed by atoms with Crippen LogP contribution in [0.3, 0.4) is 0 Å². The predicted octanol–water partition coefficient (Wildman–Crippen LogP) is 8.13. The summed E-state index contributed by atoms with van der Waals surface area (Å²) in [6.07, 6.45) is 3.23. The van der Waals surface area contributed by atoms with Crippen molar-refractivity contribution in [2.45, 2.75) is 34.1 Å². The number of benzene rings is 4. The molecule has 6 heteroatoms. The minimum atomic E-state index is 0.485. The van der Waals surface area contributed by atoms with Crippen LogP contribution in [0.4, 0.5) is 0 Å². The van der Waals surface area contributed by atoms with Gasteiger partial charge in [0, 0.05) is 21.3 Å². The van der Waals surface area contributed by atoms with E-state index >= 15 is 0 Å². The first kappa shape index (κ1) is 27.6. The highest BCUT2D eigenvalue weighted by molar-refractivity contribution is 7.98. The molecule has 0 atom stereocenters. The van der Waals surface area contributed by atoms with Crippen molar-refractivity contribution in [3.63, 3.8) is 0 Å². The molecule has 194 valence electrons. The number of carbonyl (C=O) groups excluding carboxylic acids is 2. The van der Waals surface area contributed by atoms with Gasteiger partial charge in [-0.2, -0.15) is 0 Å². The number of unbranched alkanes of at least 4 members (excludes halogenated alkanes) is 1. The lowest BCUT2D eigenvalue weighted by molar-refractivity contribution is 0.111. The Balaban J connectivity index is 1.19. The first-order valence-electron chi connectivity index (χ1n) is 12.5. The lowest BCUT2D eigenvalue weighted by Gasteiger charge is -2.12. The summed E-state index contributed by atoms with van der Waals surface area (Å²) in [7, 11) is 0. The summed E-state index contributed by atoms with van der Waals surface area (Å²) in [5, 5.41) is 0. The normalized spacial score (nSPS) is 10.6. The van der Waals surface area contributed by atoms with Gasteiger partial charge in [-0.3, -0.25) is 9.59 Å². The molecule has 0 saturated carbocycles. The van der Waals surface area contributed by atoms with Gasteiger partial charge in [0.05, 0.1) is 24.3 Å². The van der Waals surface area contributed by atoms with E-state index in [2.05, 4.69) is 24.3 Å². The topological polar surface area (TPSA) is 52.6 Å². The molecule has 0 radical (unpaired) electrons. The molecule has 0 aliphatic heterocycles. The van der Waals surface area contributed by atoms with Crippen LogP contribution in [0, 0.1) is 0 Å². The van der Waals surface area contributed by atoms with Crippen LogP contribution >= 0.6 is 23.5 Å². The smallest absolute Gasteiger partial charge is 0.153 e. The van der Waals surface area contributed by atoms with Crippen LogP contribution in [-0.2, 0) is 11.5 Å². The first-order chi connectivity index (χ1) is 18.7. The number of ether oxygens (including phenoxy) is 2. The molecule has 0 aliphatic carbocycles. The number of rotatable bonds is 15. The van der Waals surface area contributed by atoms with Crippen molar-refractivity contribution >= 4 is 36.1 Å². The van der Waals surface area contributed by atoms with Gasteiger partial charge in [0.1, 0.15) is 11.5 Å². The van der Waals surface area contributed by atoms with E-state index in [9.17, 15) is 9.59 Å². The van der Waals surface area contributed by atoms with Crippen molar-refractivity contribution in [2.75, 3.05) is 13.2 Å². The Bertz CT molecular complexity index is 1210. The maximum atomic E-state index is 11.6. The van der Waals surface area contributed by atoms with E-state index in [1.807, 2.05) is 72.8 Å². The molecule has 4 aromatic rings. The third kappa shape index (κ3) is 8.54. The largest absolute Gasteiger partial charge is 0.493 e. The van der Waals surface area contributed by atoms with Crippen LogP contribution in [0.15, 0.2) is 107 Å². The second kappa shape index (κ2) is 15.1. The van der Waals surface area contributed by atoms with Crippen molar-refractivity contribution < 1.29 is 19.1 Å². The maximum Gasteiger partial charge on any atom is 0.153 e. The monoisotopic (exact) mass is 542 g/mol. The molecular weight excluding hydrogens is 512 g/mol. The second-order valence-electron chi connectivity index (χ2n) is 8.59. The van der Waals surface area contributed by atoms with E-state index < -0.39 is 0 Å². The molecule has 0 unspecified atom stereocenters. The molecule has 4 rings (SSSR count). The van der Waals surface area contributed by atoms with Crippen molar-refractivity contribution in [2.24, 2.45) is 0 Å². The molecule has 0 fully saturated rings. The zero-order valence-electron chi connectivity index (χ0n) is 21.1. The van der Waals surface area contributed by atoms with Gasteiger partial charge in [-0.15, -0.1) is 23.5 Å². The van der Waals surface area contributed by atoms with Crippen molar-refractivity contribution in [3.8, 4) is 11.5 Å². The lowest BCUT2D eigenvalue weighted by Crippen LogP contribution is -2.05. The fourth-order valence-corrected chi connectivity index (χ4v) is 5.48. The van der Waals surface area contributed by atoms with Gasteiger partial charge in [-0.1, -0.05) is 48.5 Å². The quantitative estimate of drug-likeness (QED) is 0.0859. The Morgan fingerprint density at radius 3 is 1.37 bits per heavy atom. The Kier molecular flexibility index (Phi) is 10.9. The Hall–Kier alpha value is -3.48. The van der Waals surface area contributed by atoms with E-state index in [1.54, 1.807) is 23.5 Å². The Morgan fingerprint density at radius 1 is 0.553 bits per heavy atom. The van der Waals surface area contributed by atoms with Gasteiger partial charge in [0.15, 0.2) is 12.6 Å². The predicted molar refractivity (Wildman–Crippen MR) is 156 cm³/mol. The molecular formula is C32H30O4S2. The molecule has 0 amide bonds. The number of hydrogen-bond donors (Lipinski definition) is 0. The van der Waals surface area contributed by atoms with Gasteiger partial charge < -0.3 is 9.47 Å². The number of carbonyl (C=O) groups is 2. The third-order valence-corrected chi connectivity index (χ3v) is 7.92. The van der Waals surface area contributed by atoms with Crippen LogP contribution in [0.2, 0.25) is 0 Å². The summed E-state index contributed by atoms with van der Waals surface area (Å²) in [6.45, 7) is 0.969. The summed E-state index contributed by atoms with van der Waals surface area (Å²) >= 11 is 3.47. The number of hydrogen-bond acceptors (Lipinski definition) is 6. The zero-order valence-corrected chi connectivity index (χ0v) is 22.7.